The number of nitrogen functional groups attached to an aromatic ring is 1. The summed E-state index contributed by atoms with van der Waals surface area (Å²) in [6, 6.07) is 6.51. The van der Waals surface area contributed by atoms with Gasteiger partial charge in [0.05, 0.1) is 5.69 Å². The quantitative estimate of drug-likeness (QED) is 0.703. The van der Waals surface area contributed by atoms with E-state index in [2.05, 4.69) is 37.9 Å². The molecule has 0 spiro atoms. The van der Waals surface area contributed by atoms with Crippen LogP contribution in [0.1, 0.15) is 0 Å². The van der Waals surface area contributed by atoms with Crippen LogP contribution in [0.4, 0.5) is 5.69 Å². The zero-order valence-corrected chi connectivity index (χ0v) is 7.66. The minimum Gasteiger partial charge on any atom is -0.397 e. The summed E-state index contributed by atoms with van der Waals surface area (Å²) in [6.45, 7) is 0. The summed E-state index contributed by atoms with van der Waals surface area (Å²) in [5.74, 6) is 0. The van der Waals surface area contributed by atoms with Gasteiger partial charge in [0.2, 0.25) is 0 Å². The van der Waals surface area contributed by atoms with Crippen molar-refractivity contribution in [2.24, 2.45) is 0 Å². The highest BCUT2D eigenvalue weighted by molar-refractivity contribution is 9.11. The van der Waals surface area contributed by atoms with Crippen LogP contribution in [0.5, 0.6) is 0 Å². The van der Waals surface area contributed by atoms with Crippen molar-refractivity contribution in [1.29, 1.82) is 0 Å². The number of nitrogens with two attached hydrogens (primary N) is 1. The molecule has 1 radical (unpaired) electrons. The fourth-order valence-corrected chi connectivity index (χ4v) is 1.47. The number of benzene rings is 1. The molecule has 0 bridgehead atoms. The van der Waals surface area contributed by atoms with Crippen LogP contribution in [0.3, 0.4) is 0 Å². The van der Waals surface area contributed by atoms with E-state index in [9.17, 15) is 0 Å². The summed E-state index contributed by atoms with van der Waals surface area (Å²) >= 11 is 6.54. The normalized spacial score (nSPS) is 9.56. The standard InChI is InChI=1S/C6H4Br2N/c7-4-1-2-6(9)5(8)3-4/h1,3H,9H2. The second-order valence-electron chi connectivity index (χ2n) is 1.58. The summed E-state index contributed by atoms with van der Waals surface area (Å²) in [7, 11) is 0. The number of hydrogen-bond acceptors (Lipinski definition) is 1. The molecule has 1 nitrogen and oxygen atoms in total. The molecule has 9 heavy (non-hydrogen) atoms. The molecule has 1 aromatic rings. The minimum atomic E-state index is 0.637. The van der Waals surface area contributed by atoms with Crippen LogP contribution in [0, 0.1) is 6.07 Å². The second kappa shape index (κ2) is 2.71. The molecule has 0 amide bonds. The van der Waals surface area contributed by atoms with Crippen molar-refractivity contribution in [1.82, 2.24) is 0 Å². The summed E-state index contributed by atoms with van der Waals surface area (Å²) in [6.07, 6.45) is 0. The third kappa shape index (κ3) is 1.69. The Labute approximate surface area is 70.5 Å². The Balaban J connectivity index is 3.17. The third-order valence-electron chi connectivity index (χ3n) is 0.887. The van der Waals surface area contributed by atoms with Crippen molar-refractivity contribution in [2.75, 3.05) is 5.73 Å². The maximum absolute atomic E-state index is 5.47. The lowest BCUT2D eigenvalue weighted by molar-refractivity contribution is 1.58. The molecular formula is C6H4Br2N. The molecule has 1 aromatic carbocycles. The Kier molecular flexibility index (Phi) is 2.13. The summed E-state index contributed by atoms with van der Waals surface area (Å²) in [4.78, 5) is 0. The number of anilines is 1. The Bertz CT molecular complexity index is 222. The van der Waals surface area contributed by atoms with Crippen molar-refractivity contribution in [3.05, 3.63) is 27.1 Å². The van der Waals surface area contributed by atoms with E-state index in [0.29, 0.717) is 5.69 Å². The van der Waals surface area contributed by atoms with Crippen LogP contribution in [-0.2, 0) is 0 Å². The molecule has 0 saturated carbocycles. The first kappa shape index (κ1) is 7.09. The van der Waals surface area contributed by atoms with Crippen LogP contribution in [0.15, 0.2) is 21.1 Å². The topological polar surface area (TPSA) is 26.0 Å². The lowest BCUT2D eigenvalue weighted by atomic mass is 10.3. The van der Waals surface area contributed by atoms with E-state index < -0.39 is 0 Å². The summed E-state index contributed by atoms with van der Waals surface area (Å²) in [5, 5.41) is 0. The highest BCUT2D eigenvalue weighted by Gasteiger charge is 1.93. The molecule has 0 aliphatic rings. The predicted octanol–water partition coefficient (Wildman–Crippen LogP) is 2.59. The zero-order chi connectivity index (χ0) is 6.85. The third-order valence-corrected chi connectivity index (χ3v) is 2.00. The van der Waals surface area contributed by atoms with Gasteiger partial charge in [-0.3, -0.25) is 0 Å². The van der Waals surface area contributed by atoms with E-state index >= 15 is 0 Å². The van der Waals surface area contributed by atoms with Gasteiger partial charge in [-0.2, -0.15) is 0 Å². The highest BCUT2D eigenvalue weighted by atomic mass is 79.9. The van der Waals surface area contributed by atoms with Crippen molar-refractivity contribution in [3.63, 3.8) is 0 Å². The van der Waals surface area contributed by atoms with Gasteiger partial charge in [-0.25, -0.2) is 0 Å². The second-order valence-corrected chi connectivity index (χ2v) is 3.35. The molecule has 0 aliphatic heterocycles. The van der Waals surface area contributed by atoms with Gasteiger partial charge in [-0.1, -0.05) is 15.9 Å². The van der Waals surface area contributed by atoms with Gasteiger partial charge in [-0.05, 0) is 28.1 Å². The monoisotopic (exact) mass is 248 g/mol. The van der Waals surface area contributed by atoms with Gasteiger partial charge in [0.1, 0.15) is 0 Å². The molecule has 1 rings (SSSR count). The van der Waals surface area contributed by atoms with Crippen LogP contribution in [0.25, 0.3) is 0 Å². The van der Waals surface area contributed by atoms with Crippen molar-refractivity contribution in [3.8, 4) is 0 Å². The maximum atomic E-state index is 5.47. The van der Waals surface area contributed by atoms with E-state index in [4.69, 9.17) is 5.73 Å². The number of hydrogen-bond donors (Lipinski definition) is 1. The first-order valence-corrected chi connectivity index (χ1v) is 3.91. The van der Waals surface area contributed by atoms with Gasteiger partial charge in [-0.15, -0.1) is 0 Å². The van der Waals surface area contributed by atoms with Crippen LogP contribution in [0.2, 0.25) is 0 Å². The van der Waals surface area contributed by atoms with Gasteiger partial charge in [0.15, 0.2) is 0 Å². The van der Waals surface area contributed by atoms with Crippen molar-refractivity contribution >= 4 is 37.5 Å². The summed E-state index contributed by atoms with van der Waals surface area (Å²) < 4.78 is 1.85. The molecule has 0 fully saturated rings. The molecule has 0 heterocycles. The molecule has 2 N–H and O–H groups in total. The highest BCUT2D eigenvalue weighted by Crippen LogP contribution is 2.22. The van der Waals surface area contributed by atoms with E-state index in [1.165, 1.54) is 0 Å². The summed E-state index contributed by atoms with van der Waals surface area (Å²) in [5.41, 5.74) is 6.10. The average Bonchev–Trinajstić information content (AvgIpc) is 1.80. The number of halogens is 2. The molecule has 0 saturated heterocycles. The Morgan fingerprint density at radius 2 is 2.11 bits per heavy atom. The molecule has 0 atom stereocenters. The molecule has 0 aromatic heterocycles. The average molecular weight is 250 g/mol. The SMILES string of the molecule is Nc1[c]cc(Br)cc1Br. The Morgan fingerprint density at radius 3 is 2.56 bits per heavy atom. The minimum absolute atomic E-state index is 0.637. The lowest BCUT2D eigenvalue weighted by Crippen LogP contribution is -1.84. The predicted molar refractivity (Wildman–Crippen MR) is 45.1 cm³/mol. The largest absolute Gasteiger partial charge is 0.397 e. The molecule has 0 unspecified atom stereocenters. The van der Waals surface area contributed by atoms with Gasteiger partial charge in [0, 0.05) is 15.0 Å². The van der Waals surface area contributed by atoms with Gasteiger partial charge >= 0.3 is 0 Å². The Morgan fingerprint density at radius 1 is 1.44 bits per heavy atom. The molecule has 3 heteroatoms. The van der Waals surface area contributed by atoms with Crippen molar-refractivity contribution in [2.45, 2.75) is 0 Å². The fourth-order valence-electron chi connectivity index (χ4n) is 0.456. The molecular weight excluding hydrogens is 246 g/mol. The fraction of sp³-hybridized carbons (Fsp3) is 0. The zero-order valence-electron chi connectivity index (χ0n) is 4.49. The molecule has 47 valence electrons. The van der Waals surface area contributed by atoms with Crippen LogP contribution in [-0.4, -0.2) is 0 Å². The van der Waals surface area contributed by atoms with Gasteiger partial charge < -0.3 is 5.73 Å². The molecule has 0 aliphatic carbocycles. The first-order valence-electron chi connectivity index (χ1n) is 2.32. The van der Waals surface area contributed by atoms with E-state index in [1.54, 1.807) is 6.07 Å². The smallest absolute Gasteiger partial charge is 0.0539 e. The van der Waals surface area contributed by atoms with Crippen molar-refractivity contribution < 1.29 is 0 Å². The lowest BCUT2D eigenvalue weighted by Gasteiger charge is -1.94. The Hall–Kier alpha value is -0.0200. The van der Waals surface area contributed by atoms with Gasteiger partial charge in [0.25, 0.3) is 0 Å². The van der Waals surface area contributed by atoms with Crippen LogP contribution < -0.4 is 5.73 Å². The maximum Gasteiger partial charge on any atom is 0.0539 e. The van der Waals surface area contributed by atoms with E-state index in [1.807, 2.05) is 6.07 Å². The van der Waals surface area contributed by atoms with Crippen LogP contribution >= 0.6 is 31.9 Å². The number of rotatable bonds is 0. The van der Waals surface area contributed by atoms with E-state index in [-0.39, 0.29) is 0 Å². The first-order chi connectivity index (χ1) is 4.20. The van der Waals surface area contributed by atoms with E-state index in [0.717, 1.165) is 8.95 Å².